The monoisotopic (exact) mass is 349 g/mol. The van der Waals surface area contributed by atoms with Crippen molar-refractivity contribution in [1.82, 2.24) is 0 Å². The van der Waals surface area contributed by atoms with Crippen LogP contribution in [0.1, 0.15) is 65.2 Å². The van der Waals surface area contributed by atoms with E-state index in [2.05, 4.69) is 20.4 Å². The first-order chi connectivity index (χ1) is 11.7. The van der Waals surface area contributed by atoms with Gasteiger partial charge in [-0.3, -0.25) is 4.79 Å². The van der Waals surface area contributed by atoms with Crippen molar-refractivity contribution in [1.29, 1.82) is 0 Å². The molecule has 4 nitrogen and oxygen atoms in total. The summed E-state index contributed by atoms with van der Waals surface area (Å²) in [4.78, 5) is 11.9. The lowest BCUT2D eigenvalue weighted by Crippen LogP contribution is -2.51. The topological polar surface area (TPSA) is 83.6 Å². The molecule has 0 spiro atoms. The summed E-state index contributed by atoms with van der Waals surface area (Å²) in [5.41, 5.74) is 7.10. The fourth-order valence-corrected chi connectivity index (χ4v) is 6.70. The summed E-state index contributed by atoms with van der Waals surface area (Å²) in [6.45, 7) is 9.05. The standard InChI is InChI=1S/C21H35NO3/c1-13-4-5-17-16(11-19(22)25)18(7-9-20(13,17)2)21(3)8-6-15(24)10-14(21)12-23/h14-18,23-24H,1,4-12H2,2-3H3,(H2,22,25)/t14-,15+,16+,17+,18+,20-,21+/m1/s1. The molecule has 0 bridgehead atoms. The van der Waals surface area contributed by atoms with Crippen LogP contribution in [0.2, 0.25) is 0 Å². The van der Waals surface area contributed by atoms with Gasteiger partial charge in [0.1, 0.15) is 0 Å². The number of aliphatic hydroxyl groups excluding tert-OH is 2. The zero-order chi connectivity index (χ0) is 18.4. The van der Waals surface area contributed by atoms with Crippen molar-refractivity contribution in [3.05, 3.63) is 12.2 Å². The fraction of sp³-hybridized carbons (Fsp3) is 0.857. The van der Waals surface area contributed by atoms with Crippen LogP contribution in [0.4, 0.5) is 0 Å². The Kier molecular flexibility index (Phi) is 5.06. The van der Waals surface area contributed by atoms with Crippen molar-refractivity contribution in [3.8, 4) is 0 Å². The molecule has 3 fully saturated rings. The van der Waals surface area contributed by atoms with E-state index in [1.807, 2.05) is 0 Å². The number of carbonyl (C=O) groups is 1. The average molecular weight is 350 g/mol. The molecule has 0 saturated heterocycles. The van der Waals surface area contributed by atoms with Gasteiger partial charge in [0.2, 0.25) is 5.91 Å². The minimum Gasteiger partial charge on any atom is -0.396 e. The molecule has 4 heteroatoms. The molecule has 7 atom stereocenters. The first-order valence-corrected chi connectivity index (χ1v) is 9.98. The quantitative estimate of drug-likeness (QED) is 0.682. The highest BCUT2D eigenvalue weighted by atomic mass is 16.3. The number of allylic oxidation sites excluding steroid dienone is 1. The van der Waals surface area contributed by atoms with Crippen LogP contribution in [-0.4, -0.2) is 28.8 Å². The number of hydrogen-bond donors (Lipinski definition) is 3. The first-order valence-electron chi connectivity index (χ1n) is 9.98. The van der Waals surface area contributed by atoms with Crippen LogP contribution in [-0.2, 0) is 4.79 Å². The smallest absolute Gasteiger partial charge is 0.217 e. The number of nitrogens with two attached hydrogens (primary N) is 1. The van der Waals surface area contributed by atoms with Gasteiger partial charge in [-0.1, -0.05) is 26.0 Å². The van der Waals surface area contributed by atoms with E-state index in [0.29, 0.717) is 24.7 Å². The van der Waals surface area contributed by atoms with Crippen molar-refractivity contribution in [2.75, 3.05) is 6.61 Å². The molecule has 142 valence electrons. The molecule has 0 heterocycles. The Morgan fingerprint density at radius 1 is 1.24 bits per heavy atom. The predicted molar refractivity (Wildman–Crippen MR) is 98.5 cm³/mol. The van der Waals surface area contributed by atoms with Crippen molar-refractivity contribution in [3.63, 3.8) is 0 Å². The molecular weight excluding hydrogens is 314 g/mol. The maximum Gasteiger partial charge on any atom is 0.217 e. The van der Waals surface area contributed by atoms with E-state index < -0.39 is 0 Å². The number of carbonyl (C=O) groups excluding carboxylic acids is 1. The SMILES string of the molecule is C=C1CC[C@H]2[C@H](CC(N)=O)[C@@H]([C@@]3(C)CC[C@H](O)C[C@@H]3CO)CC[C@]12C. The van der Waals surface area contributed by atoms with E-state index in [4.69, 9.17) is 5.73 Å². The van der Waals surface area contributed by atoms with Crippen molar-refractivity contribution in [2.24, 2.45) is 40.2 Å². The van der Waals surface area contributed by atoms with Gasteiger partial charge >= 0.3 is 0 Å². The summed E-state index contributed by atoms with van der Waals surface area (Å²) in [7, 11) is 0. The molecule has 0 unspecified atom stereocenters. The van der Waals surface area contributed by atoms with E-state index in [-0.39, 0.29) is 41.3 Å². The number of rotatable bonds is 4. The highest BCUT2D eigenvalue weighted by Crippen LogP contribution is 2.64. The Morgan fingerprint density at radius 3 is 2.60 bits per heavy atom. The Labute approximate surface area is 151 Å². The zero-order valence-electron chi connectivity index (χ0n) is 15.8. The summed E-state index contributed by atoms with van der Waals surface area (Å²) in [5.74, 6) is 1.01. The minimum absolute atomic E-state index is 0.0284. The highest BCUT2D eigenvalue weighted by Gasteiger charge is 2.56. The molecule has 0 aliphatic heterocycles. The van der Waals surface area contributed by atoms with Gasteiger partial charge in [0.15, 0.2) is 0 Å². The van der Waals surface area contributed by atoms with Gasteiger partial charge in [-0.2, -0.15) is 0 Å². The third kappa shape index (κ3) is 3.06. The maximum atomic E-state index is 11.9. The summed E-state index contributed by atoms with van der Waals surface area (Å²) >= 11 is 0. The molecule has 0 aromatic rings. The number of primary amides is 1. The third-order valence-electron chi connectivity index (χ3n) is 8.40. The average Bonchev–Trinajstić information content (AvgIpc) is 2.85. The molecule has 0 aromatic carbocycles. The molecule has 0 radical (unpaired) electrons. The van der Waals surface area contributed by atoms with Crippen LogP contribution in [0.5, 0.6) is 0 Å². The maximum absolute atomic E-state index is 11.9. The lowest BCUT2D eigenvalue weighted by Gasteiger charge is -2.56. The van der Waals surface area contributed by atoms with Crippen LogP contribution in [0.25, 0.3) is 0 Å². The molecule has 25 heavy (non-hydrogen) atoms. The van der Waals surface area contributed by atoms with Crippen molar-refractivity contribution in [2.45, 2.75) is 71.3 Å². The molecule has 1 amide bonds. The van der Waals surface area contributed by atoms with Crippen LogP contribution < -0.4 is 5.73 Å². The van der Waals surface area contributed by atoms with Gasteiger partial charge in [-0.15, -0.1) is 0 Å². The Morgan fingerprint density at radius 2 is 1.96 bits per heavy atom. The number of hydrogen-bond acceptors (Lipinski definition) is 3. The summed E-state index contributed by atoms with van der Waals surface area (Å²) in [6, 6.07) is 0. The van der Waals surface area contributed by atoms with Crippen LogP contribution in [0.15, 0.2) is 12.2 Å². The van der Waals surface area contributed by atoms with E-state index in [1.54, 1.807) is 0 Å². The van der Waals surface area contributed by atoms with Gasteiger partial charge in [0, 0.05) is 13.0 Å². The van der Waals surface area contributed by atoms with Crippen molar-refractivity contribution >= 4 is 5.91 Å². The largest absolute Gasteiger partial charge is 0.396 e. The number of fused-ring (bicyclic) bond motifs is 1. The van der Waals surface area contributed by atoms with Crippen LogP contribution in [0.3, 0.4) is 0 Å². The second-order valence-electron chi connectivity index (χ2n) is 9.46. The van der Waals surface area contributed by atoms with Gasteiger partial charge < -0.3 is 15.9 Å². The lowest BCUT2D eigenvalue weighted by molar-refractivity contribution is -0.126. The number of aliphatic hydroxyl groups is 2. The Balaban J connectivity index is 1.94. The van der Waals surface area contributed by atoms with E-state index in [1.165, 1.54) is 5.57 Å². The molecule has 3 aliphatic rings. The Bertz CT molecular complexity index is 547. The second-order valence-corrected chi connectivity index (χ2v) is 9.46. The normalized spacial score (nSPS) is 47.5. The predicted octanol–water partition coefficient (Wildman–Crippen LogP) is 3.02. The van der Waals surface area contributed by atoms with E-state index in [9.17, 15) is 15.0 Å². The van der Waals surface area contributed by atoms with Crippen molar-refractivity contribution < 1.29 is 15.0 Å². The van der Waals surface area contributed by atoms with Gasteiger partial charge in [0.25, 0.3) is 0 Å². The number of amides is 1. The fourth-order valence-electron chi connectivity index (χ4n) is 6.70. The van der Waals surface area contributed by atoms with Crippen LogP contribution >= 0.6 is 0 Å². The highest BCUT2D eigenvalue weighted by molar-refractivity contribution is 5.74. The first kappa shape index (κ1) is 18.9. The molecule has 4 N–H and O–H groups in total. The molecule has 3 saturated carbocycles. The van der Waals surface area contributed by atoms with E-state index >= 15 is 0 Å². The summed E-state index contributed by atoms with van der Waals surface area (Å²) < 4.78 is 0. The van der Waals surface area contributed by atoms with Crippen LogP contribution in [0, 0.1) is 34.5 Å². The van der Waals surface area contributed by atoms with Gasteiger partial charge in [-0.05, 0) is 79.4 Å². The lowest BCUT2D eigenvalue weighted by atomic mass is 9.49. The molecule has 3 aliphatic carbocycles. The third-order valence-corrected chi connectivity index (χ3v) is 8.40. The molecule has 0 aromatic heterocycles. The summed E-state index contributed by atoms with van der Waals surface area (Å²) in [6.07, 6.45) is 6.86. The van der Waals surface area contributed by atoms with Gasteiger partial charge in [-0.25, -0.2) is 0 Å². The molecular formula is C21H35NO3. The summed E-state index contributed by atoms with van der Waals surface area (Å²) in [5, 5.41) is 20.1. The zero-order valence-corrected chi connectivity index (χ0v) is 15.8. The minimum atomic E-state index is -0.306. The Hall–Kier alpha value is -0.870. The second kappa shape index (κ2) is 6.70. The molecule has 3 rings (SSSR count). The van der Waals surface area contributed by atoms with E-state index in [0.717, 1.165) is 38.5 Å². The van der Waals surface area contributed by atoms with Gasteiger partial charge in [0.05, 0.1) is 6.10 Å².